The highest BCUT2D eigenvalue weighted by molar-refractivity contribution is 6.35. The number of hydrogen-bond acceptors (Lipinski definition) is 0. The molecule has 0 aromatic carbocycles. The van der Waals surface area contributed by atoms with E-state index in [0.717, 1.165) is 11.8 Å². The maximum Gasteiger partial charge on any atom is 0.0383 e. The average molecular weight is 198 g/mol. The lowest BCUT2D eigenvalue weighted by molar-refractivity contribution is 0.554. The summed E-state index contributed by atoms with van der Waals surface area (Å²) in [6.45, 7) is 9.39. The monoisotopic (exact) mass is 198 g/mol. The van der Waals surface area contributed by atoms with Crippen LogP contribution in [0.3, 0.4) is 0 Å². The molecule has 0 heterocycles. The van der Waals surface area contributed by atoms with E-state index in [1.54, 1.807) is 0 Å². The Bertz CT molecular complexity index is 89.3. The molecule has 0 aliphatic heterocycles. The highest BCUT2D eigenvalue weighted by Crippen LogP contribution is 2.15. The van der Waals surface area contributed by atoms with Gasteiger partial charge in [-0.05, 0) is 11.8 Å². The third-order valence-electron chi connectivity index (χ3n) is 2.55. The van der Waals surface area contributed by atoms with Gasteiger partial charge in [0.25, 0.3) is 0 Å². The van der Waals surface area contributed by atoms with Crippen LogP contribution in [0.15, 0.2) is 0 Å². The van der Waals surface area contributed by atoms with Crippen molar-refractivity contribution in [3.05, 3.63) is 0 Å². The Balaban J connectivity index is 3.23. The lowest BCUT2D eigenvalue weighted by atomic mass is 10.1. The largest absolute Gasteiger partial charge is 0.0654 e. The SMILES string of the molecule is CCCC(C)C[Si]CC(C)CCC. The minimum Gasteiger partial charge on any atom is -0.0654 e. The fourth-order valence-electron chi connectivity index (χ4n) is 1.77. The lowest BCUT2D eigenvalue weighted by Crippen LogP contribution is -2.04. The van der Waals surface area contributed by atoms with Gasteiger partial charge in [0.2, 0.25) is 0 Å². The first-order valence-corrected chi connectivity index (χ1v) is 7.32. The Labute approximate surface area is 87.3 Å². The van der Waals surface area contributed by atoms with Crippen LogP contribution in [0.5, 0.6) is 0 Å². The van der Waals surface area contributed by atoms with Crippen LogP contribution in [-0.4, -0.2) is 9.52 Å². The van der Waals surface area contributed by atoms with Gasteiger partial charge in [-0.2, -0.15) is 0 Å². The highest BCUT2D eigenvalue weighted by Gasteiger charge is 2.04. The molecule has 2 unspecified atom stereocenters. The van der Waals surface area contributed by atoms with Crippen molar-refractivity contribution in [3.8, 4) is 0 Å². The predicted molar refractivity (Wildman–Crippen MR) is 63.5 cm³/mol. The molecule has 0 aromatic rings. The molecule has 0 rings (SSSR count). The van der Waals surface area contributed by atoms with Gasteiger partial charge in [0.05, 0.1) is 0 Å². The van der Waals surface area contributed by atoms with Crippen LogP contribution >= 0.6 is 0 Å². The van der Waals surface area contributed by atoms with E-state index in [1.165, 1.54) is 47.3 Å². The summed E-state index contributed by atoms with van der Waals surface area (Å²) in [6.07, 6.45) is 5.57. The van der Waals surface area contributed by atoms with Gasteiger partial charge in [0.1, 0.15) is 0 Å². The van der Waals surface area contributed by atoms with Gasteiger partial charge in [-0.3, -0.25) is 0 Å². The van der Waals surface area contributed by atoms with Crippen molar-refractivity contribution < 1.29 is 0 Å². The molecule has 0 saturated carbocycles. The first kappa shape index (κ1) is 13.2. The zero-order valence-corrected chi connectivity index (χ0v) is 10.9. The third-order valence-corrected chi connectivity index (χ3v) is 4.52. The van der Waals surface area contributed by atoms with E-state index in [0.29, 0.717) is 0 Å². The first-order valence-electron chi connectivity index (χ1n) is 5.91. The molecule has 0 aliphatic carbocycles. The zero-order valence-electron chi connectivity index (χ0n) is 9.90. The Kier molecular flexibility index (Phi) is 8.95. The van der Waals surface area contributed by atoms with Crippen molar-refractivity contribution in [2.24, 2.45) is 11.8 Å². The second kappa shape index (κ2) is 8.80. The smallest absolute Gasteiger partial charge is 0.0383 e. The summed E-state index contributed by atoms with van der Waals surface area (Å²) >= 11 is 0. The van der Waals surface area contributed by atoms with Gasteiger partial charge >= 0.3 is 0 Å². The van der Waals surface area contributed by atoms with E-state index < -0.39 is 0 Å². The molecule has 13 heavy (non-hydrogen) atoms. The Morgan fingerprint density at radius 1 is 0.846 bits per heavy atom. The van der Waals surface area contributed by atoms with E-state index in [9.17, 15) is 0 Å². The van der Waals surface area contributed by atoms with Gasteiger partial charge in [0, 0.05) is 9.52 Å². The maximum absolute atomic E-state index is 2.40. The molecular weight excluding hydrogens is 172 g/mol. The van der Waals surface area contributed by atoms with Crippen molar-refractivity contribution in [2.75, 3.05) is 0 Å². The van der Waals surface area contributed by atoms with Crippen molar-refractivity contribution in [3.63, 3.8) is 0 Å². The van der Waals surface area contributed by atoms with Gasteiger partial charge in [-0.15, -0.1) is 0 Å². The normalized spacial score (nSPS) is 15.7. The van der Waals surface area contributed by atoms with E-state index in [4.69, 9.17) is 0 Å². The van der Waals surface area contributed by atoms with Crippen LogP contribution in [0.1, 0.15) is 53.4 Å². The molecule has 0 fully saturated rings. The van der Waals surface area contributed by atoms with Crippen LogP contribution in [0.4, 0.5) is 0 Å². The zero-order chi connectivity index (χ0) is 10.1. The van der Waals surface area contributed by atoms with Crippen LogP contribution in [0.2, 0.25) is 12.1 Å². The highest BCUT2D eigenvalue weighted by atomic mass is 28.2. The van der Waals surface area contributed by atoms with Crippen molar-refractivity contribution in [2.45, 2.75) is 65.5 Å². The summed E-state index contributed by atoms with van der Waals surface area (Å²) in [6, 6.07) is 2.95. The summed E-state index contributed by atoms with van der Waals surface area (Å²) < 4.78 is 0. The second-order valence-corrected chi connectivity index (χ2v) is 5.76. The molecule has 78 valence electrons. The molecule has 0 aromatic heterocycles. The molecule has 0 bridgehead atoms. The van der Waals surface area contributed by atoms with E-state index in [2.05, 4.69) is 27.7 Å². The van der Waals surface area contributed by atoms with Gasteiger partial charge in [-0.25, -0.2) is 0 Å². The van der Waals surface area contributed by atoms with Crippen molar-refractivity contribution >= 4 is 9.52 Å². The van der Waals surface area contributed by atoms with Crippen molar-refractivity contribution in [1.82, 2.24) is 0 Å². The molecule has 0 spiro atoms. The first-order chi connectivity index (χ1) is 6.20. The molecule has 0 aliphatic rings. The van der Waals surface area contributed by atoms with E-state index in [-0.39, 0.29) is 0 Å². The quantitative estimate of drug-likeness (QED) is 0.507. The van der Waals surface area contributed by atoms with Crippen molar-refractivity contribution in [1.29, 1.82) is 0 Å². The molecule has 0 amide bonds. The lowest BCUT2D eigenvalue weighted by Gasteiger charge is -2.12. The van der Waals surface area contributed by atoms with Crippen LogP contribution < -0.4 is 0 Å². The molecule has 0 saturated heterocycles. The second-order valence-electron chi connectivity index (χ2n) is 4.45. The molecular formula is C12H26Si. The van der Waals surface area contributed by atoms with Crippen LogP contribution in [0, 0.1) is 11.8 Å². The number of rotatable bonds is 8. The third kappa shape index (κ3) is 8.54. The predicted octanol–water partition coefficient (Wildman–Crippen LogP) is 4.40. The van der Waals surface area contributed by atoms with Crippen LogP contribution in [-0.2, 0) is 0 Å². The topological polar surface area (TPSA) is 0 Å². The van der Waals surface area contributed by atoms with Gasteiger partial charge in [0.15, 0.2) is 0 Å². The summed E-state index contributed by atoms with van der Waals surface area (Å²) in [4.78, 5) is 0. The van der Waals surface area contributed by atoms with E-state index in [1.807, 2.05) is 0 Å². The fourth-order valence-corrected chi connectivity index (χ4v) is 3.33. The minimum absolute atomic E-state index is 0.970. The molecule has 2 radical (unpaired) electrons. The standard InChI is InChI=1S/C12H26Si/c1-5-7-11(3)9-13-10-12(4)8-6-2/h11-12H,5-10H2,1-4H3. The average Bonchev–Trinajstić information content (AvgIpc) is 2.05. The molecule has 2 atom stereocenters. The van der Waals surface area contributed by atoms with E-state index >= 15 is 0 Å². The summed E-state index contributed by atoms with van der Waals surface area (Å²) in [5.41, 5.74) is 0. The van der Waals surface area contributed by atoms with Gasteiger partial charge < -0.3 is 0 Å². The summed E-state index contributed by atoms with van der Waals surface area (Å²) in [5.74, 6) is 1.94. The minimum atomic E-state index is 0.970. The van der Waals surface area contributed by atoms with Crippen LogP contribution in [0.25, 0.3) is 0 Å². The molecule has 0 N–H and O–H groups in total. The van der Waals surface area contributed by atoms with Gasteiger partial charge in [-0.1, -0.05) is 65.5 Å². The Hall–Kier alpha value is 0.217. The Morgan fingerprint density at radius 2 is 1.23 bits per heavy atom. The molecule has 0 nitrogen and oxygen atoms in total. The fraction of sp³-hybridized carbons (Fsp3) is 1.00. The number of hydrogen-bond donors (Lipinski definition) is 0. The molecule has 1 heteroatoms. The Morgan fingerprint density at radius 3 is 1.54 bits per heavy atom. The summed E-state index contributed by atoms with van der Waals surface area (Å²) in [7, 11) is 1.21. The summed E-state index contributed by atoms with van der Waals surface area (Å²) in [5, 5.41) is 0. The maximum atomic E-state index is 2.40.